The van der Waals surface area contributed by atoms with E-state index in [2.05, 4.69) is 6.07 Å². The lowest BCUT2D eigenvalue weighted by Gasteiger charge is -2.32. The summed E-state index contributed by atoms with van der Waals surface area (Å²) in [6.45, 7) is 1.79. The molecule has 0 radical (unpaired) electrons. The first-order valence-corrected chi connectivity index (χ1v) is 11.1. The standard InChI is InChI=1S/C25H18FN3O4S/c1-13-19(23(30)32-2)20-21(34-13)25(17(11-27)22(28)33-20)16-8-3-4-9-18(16)29(24(25)31)12-14-6-5-7-15(26)10-14/h3-10H,12,28H2,1-2H3/t25-/m1/s1. The van der Waals surface area contributed by atoms with Crippen LogP contribution in [0.3, 0.4) is 0 Å². The Morgan fingerprint density at radius 1 is 1.29 bits per heavy atom. The van der Waals surface area contributed by atoms with Crippen molar-refractivity contribution in [2.24, 2.45) is 5.73 Å². The van der Waals surface area contributed by atoms with Gasteiger partial charge in [0.05, 0.1) is 18.5 Å². The second kappa shape index (κ2) is 7.71. The van der Waals surface area contributed by atoms with Gasteiger partial charge < -0.3 is 20.1 Å². The Bertz CT molecular complexity index is 1450. The molecular weight excluding hydrogens is 457 g/mol. The summed E-state index contributed by atoms with van der Waals surface area (Å²) in [6.07, 6.45) is 0. The van der Waals surface area contributed by atoms with Crippen LogP contribution in [0.2, 0.25) is 0 Å². The first-order chi connectivity index (χ1) is 16.3. The van der Waals surface area contributed by atoms with Gasteiger partial charge in [-0.05, 0) is 30.7 Å². The molecule has 1 aromatic heterocycles. The third-order valence-electron chi connectivity index (χ3n) is 6.11. The van der Waals surface area contributed by atoms with E-state index in [9.17, 15) is 19.2 Å². The first-order valence-electron chi connectivity index (χ1n) is 10.3. The van der Waals surface area contributed by atoms with Crippen LogP contribution in [0.5, 0.6) is 5.75 Å². The Balaban J connectivity index is 1.80. The number of para-hydroxylation sites is 1. The van der Waals surface area contributed by atoms with Crippen molar-refractivity contribution in [3.05, 3.63) is 92.2 Å². The summed E-state index contributed by atoms with van der Waals surface area (Å²) in [5.41, 5.74) is 6.38. The third kappa shape index (κ3) is 2.79. The topological polar surface area (TPSA) is 106 Å². The van der Waals surface area contributed by atoms with Crippen molar-refractivity contribution in [3.63, 3.8) is 0 Å². The number of nitrogens with two attached hydrogens (primary N) is 1. The number of amides is 1. The number of esters is 1. The number of anilines is 1. The quantitative estimate of drug-likeness (QED) is 0.576. The minimum Gasteiger partial charge on any atom is -0.465 e. The van der Waals surface area contributed by atoms with Crippen LogP contribution in [0.15, 0.2) is 60.0 Å². The zero-order valence-electron chi connectivity index (χ0n) is 18.2. The molecule has 1 spiro atoms. The highest BCUT2D eigenvalue weighted by atomic mass is 32.1. The molecule has 0 saturated heterocycles. The molecule has 1 atom stereocenters. The van der Waals surface area contributed by atoms with Gasteiger partial charge in [0.1, 0.15) is 23.0 Å². The van der Waals surface area contributed by atoms with E-state index in [1.807, 2.05) is 0 Å². The highest BCUT2D eigenvalue weighted by Crippen LogP contribution is 2.58. The predicted molar refractivity (Wildman–Crippen MR) is 123 cm³/mol. The molecule has 170 valence electrons. The van der Waals surface area contributed by atoms with Gasteiger partial charge in [-0.3, -0.25) is 4.79 Å². The highest BCUT2D eigenvalue weighted by Gasteiger charge is 2.60. The van der Waals surface area contributed by atoms with E-state index in [4.69, 9.17) is 15.2 Å². The molecule has 2 aromatic carbocycles. The fourth-order valence-corrected chi connectivity index (χ4v) is 5.97. The first kappa shape index (κ1) is 21.7. The normalized spacial score (nSPS) is 18.4. The summed E-state index contributed by atoms with van der Waals surface area (Å²) in [5, 5.41) is 10.1. The van der Waals surface area contributed by atoms with E-state index in [0.717, 1.165) is 0 Å². The van der Waals surface area contributed by atoms with E-state index in [1.54, 1.807) is 43.3 Å². The Morgan fingerprint density at radius 2 is 2.06 bits per heavy atom. The summed E-state index contributed by atoms with van der Waals surface area (Å²) in [7, 11) is 1.25. The number of fused-ring (bicyclic) bond motifs is 4. The maximum atomic E-state index is 14.3. The summed E-state index contributed by atoms with van der Waals surface area (Å²) in [5.74, 6) is -1.62. The molecular formula is C25H18FN3O4S. The number of hydrogen-bond donors (Lipinski definition) is 1. The molecule has 2 N–H and O–H groups in total. The lowest BCUT2D eigenvalue weighted by molar-refractivity contribution is -0.121. The van der Waals surface area contributed by atoms with Gasteiger partial charge in [-0.2, -0.15) is 5.26 Å². The molecule has 0 aliphatic carbocycles. The fraction of sp³-hybridized carbons (Fsp3) is 0.160. The predicted octanol–water partition coefficient (Wildman–Crippen LogP) is 3.90. The van der Waals surface area contributed by atoms with E-state index in [-0.39, 0.29) is 29.3 Å². The van der Waals surface area contributed by atoms with Crippen molar-refractivity contribution >= 4 is 28.9 Å². The van der Waals surface area contributed by atoms with Gasteiger partial charge >= 0.3 is 5.97 Å². The highest BCUT2D eigenvalue weighted by molar-refractivity contribution is 7.13. The van der Waals surface area contributed by atoms with E-state index in [0.29, 0.717) is 26.6 Å². The number of ether oxygens (including phenoxy) is 2. The average Bonchev–Trinajstić information content (AvgIpc) is 3.27. The van der Waals surface area contributed by atoms with Crippen molar-refractivity contribution in [1.29, 1.82) is 5.26 Å². The van der Waals surface area contributed by atoms with Gasteiger partial charge in [0.25, 0.3) is 0 Å². The van der Waals surface area contributed by atoms with Crippen LogP contribution >= 0.6 is 11.3 Å². The Kier molecular flexibility index (Phi) is 4.92. The molecule has 2 aliphatic rings. The SMILES string of the molecule is COC(=O)c1c(C)sc2c1OC(N)=C(C#N)[C@@]21C(=O)N(Cc2cccc(F)c2)c2ccccc21. The lowest BCUT2D eigenvalue weighted by Crippen LogP contribution is -2.45. The molecule has 0 bridgehead atoms. The second-order valence-electron chi connectivity index (χ2n) is 7.92. The van der Waals surface area contributed by atoms with Gasteiger partial charge in [0.2, 0.25) is 11.8 Å². The van der Waals surface area contributed by atoms with Gasteiger partial charge in [0, 0.05) is 16.1 Å². The van der Waals surface area contributed by atoms with Crippen molar-refractivity contribution < 1.29 is 23.5 Å². The van der Waals surface area contributed by atoms with E-state index >= 15 is 0 Å². The molecule has 9 heteroatoms. The van der Waals surface area contributed by atoms with Crippen LogP contribution in [-0.4, -0.2) is 19.0 Å². The Labute approximate surface area is 198 Å². The number of nitrogens with zero attached hydrogens (tertiary/aromatic N) is 2. The third-order valence-corrected chi connectivity index (χ3v) is 7.32. The number of nitriles is 1. The number of rotatable bonds is 3. The van der Waals surface area contributed by atoms with Crippen LogP contribution < -0.4 is 15.4 Å². The molecule has 0 unspecified atom stereocenters. The Hall–Kier alpha value is -4.16. The maximum absolute atomic E-state index is 14.3. The molecule has 3 aromatic rings. The van der Waals surface area contributed by atoms with Crippen molar-refractivity contribution in [2.75, 3.05) is 12.0 Å². The fourth-order valence-electron chi connectivity index (χ4n) is 4.69. The molecule has 34 heavy (non-hydrogen) atoms. The summed E-state index contributed by atoms with van der Waals surface area (Å²) in [4.78, 5) is 29.3. The van der Waals surface area contributed by atoms with E-state index in [1.165, 1.54) is 35.5 Å². The monoisotopic (exact) mass is 475 g/mol. The van der Waals surface area contributed by atoms with Crippen molar-refractivity contribution in [1.82, 2.24) is 0 Å². The van der Waals surface area contributed by atoms with Crippen molar-refractivity contribution in [2.45, 2.75) is 18.9 Å². The minimum atomic E-state index is -1.60. The van der Waals surface area contributed by atoms with Gasteiger partial charge in [-0.1, -0.05) is 30.3 Å². The number of hydrogen-bond acceptors (Lipinski definition) is 7. The van der Waals surface area contributed by atoms with Crippen LogP contribution in [0.4, 0.5) is 10.1 Å². The number of benzene rings is 2. The van der Waals surface area contributed by atoms with Gasteiger partial charge in [0.15, 0.2) is 11.2 Å². The molecule has 0 fully saturated rings. The zero-order valence-corrected chi connectivity index (χ0v) is 19.0. The van der Waals surface area contributed by atoms with Crippen LogP contribution in [0.25, 0.3) is 0 Å². The van der Waals surface area contributed by atoms with Gasteiger partial charge in [-0.25, -0.2) is 9.18 Å². The van der Waals surface area contributed by atoms with Crippen LogP contribution in [0, 0.1) is 24.1 Å². The number of carbonyl (C=O) groups is 2. The number of thiophene rings is 1. The van der Waals surface area contributed by atoms with Gasteiger partial charge in [-0.15, -0.1) is 11.3 Å². The number of methoxy groups -OCH3 is 1. The second-order valence-corrected chi connectivity index (χ2v) is 9.15. The zero-order chi connectivity index (χ0) is 24.2. The molecule has 0 saturated carbocycles. The molecule has 1 amide bonds. The summed E-state index contributed by atoms with van der Waals surface area (Å²) in [6, 6.07) is 15.1. The minimum absolute atomic E-state index is 0.0585. The number of halogens is 1. The average molecular weight is 476 g/mol. The number of carbonyl (C=O) groups excluding carboxylic acids is 2. The number of aryl methyl sites for hydroxylation is 1. The molecule has 7 nitrogen and oxygen atoms in total. The molecule has 2 aliphatic heterocycles. The van der Waals surface area contributed by atoms with Crippen LogP contribution in [-0.2, 0) is 21.5 Å². The summed E-state index contributed by atoms with van der Waals surface area (Å²) >= 11 is 1.18. The smallest absolute Gasteiger partial charge is 0.342 e. The molecule has 3 heterocycles. The van der Waals surface area contributed by atoms with Crippen molar-refractivity contribution in [3.8, 4) is 11.8 Å². The largest absolute Gasteiger partial charge is 0.465 e. The van der Waals surface area contributed by atoms with E-state index < -0.39 is 23.1 Å². The summed E-state index contributed by atoms with van der Waals surface area (Å²) < 4.78 is 24.6. The molecule has 5 rings (SSSR count). The Morgan fingerprint density at radius 3 is 2.76 bits per heavy atom. The van der Waals surface area contributed by atoms with Crippen LogP contribution in [0.1, 0.15) is 31.2 Å². The lowest BCUT2D eigenvalue weighted by atomic mass is 9.72. The maximum Gasteiger partial charge on any atom is 0.342 e.